The van der Waals surface area contributed by atoms with E-state index in [1.165, 1.54) is 38.6 Å². The summed E-state index contributed by atoms with van der Waals surface area (Å²) in [4.78, 5) is 15.1. The zero-order chi connectivity index (χ0) is 33.0. The van der Waals surface area contributed by atoms with Crippen molar-refractivity contribution in [2.24, 2.45) is 0 Å². The Morgan fingerprint density at radius 2 is 0.878 bits per heavy atom. The standard InChI is InChI=1S/C46H33N3/c1-46(2)40-25-23-31-16-12-13-21-38(31)42(40)39-24-22-34(29-41(39)46)36-26-35(30-14-6-3-7-15-30)27-37(28-36)45-48-43(32-17-8-4-9-18-32)47-44(49-45)33-19-10-5-11-20-33/h3-29H,1-2H3. The van der Waals surface area contributed by atoms with E-state index in [0.29, 0.717) is 17.5 Å². The quantitative estimate of drug-likeness (QED) is 0.191. The van der Waals surface area contributed by atoms with E-state index in [-0.39, 0.29) is 5.41 Å². The van der Waals surface area contributed by atoms with Gasteiger partial charge in [-0.15, -0.1) is 0 Å². The third-order valence-electron chi connectivity index (χ3n) is 9.90. The Labute approximate surface area is 286 Å². The van der Waals surface area contributed by atoms with E-state index in [9.17, 15) is 0 Å². The monoisotopic (exact) mass is 627 g/mol. The first-order valence-electron chi connectivity index (χ1n) is 16.8. The summed E-state index contributed by atoms with van der Waals surface area (Å²) < 4.78 is 0. The highest BCUT2D eigenvalue weighted by atomic mass is 15.0. The molecule has 8 aromatic rings. The van der Waals surface area contributed by atoms with Crippen molar-refractivity contribution in [3.63, 3.8) is 0 Å². The first-order valence-corrected chi connectivity index (χ1v) is 16.8. The van der Waals surface area contributed by atoms with Crippen molar-refractivity contribution in [1.82, 2.24) is 15.0 Å². The number of aromatic nitrogens is 3. The van der Waals surface area contributed by atoms with Gasteiger partial charge in [0.2, 0.25) is 0 Å². The highest BCUT2D eigenvalue weighted by molar-refractivity contribution is 6.03. The van der Waals surface area contributed by atoms with Crippen LogP contribution in [0, 0.1) is 0 Å². The summed E-state index contributed by atoms with van der Waals surface area (Å²) in [6.07, 6.45) is 0. The fourth-order valence-corrected chi connectivity index (χ4v) is 7.34. The average molecular weight is 628 g/mol. The van der Waals surface area contributed by atoms with Crippen LogP contribution in [0.1, 0.15) is 25.0 Å². The maximum absolute atomic E-state index is 5.08. The minimum atomic E-state index is -0.131. The second-order valence-electron chi connectivity index (χ2n) is 13.3. The van der Waals surface area contributed by atoms with E-state index < -0.39 is 0 Å². The zero-order valence-electron chi connectivity index (χ0n) is 27.4. The third-order valence-corrected chi connectivity index (χ3v) is 9.90. The lowest BCUT2D eigenvalue weighted by Crippen LogP contribution is -2.15. The van der Waals surface area contributed by atoms with Gasteiger partial charge in [0.1, 0.15) is 0 Å². The lowest BCUT2D eigenvalue weighted by molar-refractivity contribution is 0.661. The molecule has 1 aliphatic carbocycles. The molecular formula is C46H33N3. The summed E-state index contributed by atoms with van der Waals surface area (Å²) in [6, 6.07) is 57.9. The van der Waals surface area contributed by atoms with Crippen LogP contribution in [0.15, 0.2) is 164 Å². The van der Waals surface area contributed by atoms with E-state index >= 15 is 0 Å². The van der Waals surface area contributed by atoms with Crippen LogP contribution < -0.4 is 0 Å². The average Bonchev–Trinajstić information content (AvgIpc) is 3.41. The molecule has 1 aromatic heterocycles. The maximum Gasteiger partial charge on any atom is 0.164 e. The molecule has 0 radical (unpaired) electrons. The van der Waals surface area contributed by atoms with Gasteiger partial charge < -0.3 is 0 Å². The first-order chi connectivity index (χ1) is 24.0. The summed E-state index contributed by atoms with van der Waals surface area (Å²) in [6.45, 7) is 4.70. The second-order valence-corrected chi connectivity index (χ2v) is 13.3. The van der Waals surface area contributed by atoms with Crippen LogP contribution in [0.25, 0.3) is 78.3 Å². The van der Waals surface area contributed by atoms with Crippen molar-refractivity contribution in [1.29, 1.82) is 0 Å². The van der Waals surface area contributed by atoms with Crippen molar-refractivity contribution in [2.75, 3.05) is 0 Å². The molecule has 1 heterocycles. The van der Waals surface area contributed by atoms with Crippen molar-refractivity contribution < 1.29 is 0 Å². The maximum atomic E-state index is 5.08. The van der Waals surface area contributed by atoms with Crippen LogP contribution in [0.5, 0.6) is 0 Å². The molecule has 1 aliphatic rings. The van der Waals surface area contributed by atoms with Gasteiger partial charge in [-0.3, -0.25) is 0 Å². The molecule has 49 heavy (non-hydrogen) atoms. The summed E-state index contributed by atoms with van der Waals surface area (Å²) >= 11 is 0. The predicted molar refractivity (Wildman–Crippen MR) is 202 cm³/mol. The Kier molecular flexibility index (Phi) is 6.80. The van der Waals surface area contributed by atoms with Crippen molar-refractivity contribution in [3.8, 4) is 67.5 Å². The Morgan fingerprint density at radius 1 is 0.367 bits per heavy atom. The molecule has 3 nitrogen and oxygen atoms in total. The Hall–Kier alpha value is -6.19. The molecule has 0 N–H and O–H groups in total. The lowest BCUT2D eigenvalue weighted by atomic mass is 9.81. The summed E-state index contributed by atoms with van der Waals surface area (Å²) in [7, 11) is 0. The van der Waals surface area contributed by atoms with Crippen LogP contribution >= 0.6 is 0 Å². The van der Waals surface area contributed by atoms with Crippen molar-refractivity contribution >= 4 is 10.8 Å². The Balaban J connectivity index is 1.24. The van der Waals surface area contributed by atoms with Crippen LogP contribution in [0.4, 0.5) is 0 Å². The molecule has 0 amide bonds. The fourth-order valence-electron chi connectivity index (χ4n) is 7.34. The molecule has 9 rings (SSSR count). The van der Waals surface area contributed by atoms with Gasteiger partial charge in [0.05, 0.1) is 0 Å². The molecule has 0 fully saturated rings. The normalized spacial score (nSPS) is 12.9. The van der Waals surface area contributed by atoms with Crippen molar-refractivity contribution in [2.45, 2.75) is 19.3 Å². The van der Waals surface area contributed by atoms with Gasteiger partial charge in [-0.25, -0.2) is 15.0 Å². The molecule has 0 unspecified atom stereocenters. The van der Waals surface area contributed by atoms with Gasteiger partial charge in [-0.1, -0.05) is 153 Å². The molecule has 0 saturated heterocycles. The Bertz CT molecular complexity index is 2440. The highest BCUT2D eigenvalue weighted by Gasteiger charge is 2.36. The number of benzene rings is 7. The fraction of sp³-hybridized carbons (Fsp3) is 0.0652. The molecular weight excluding hydrogens is 595 g/mol. The number of fused-ring (bicyclic) bond motifs is 5. The molecule has 0 aliphatic heterocycles. The summed E-state index contributed by atoms with van der Waals surface area (Å²) in [5, 5.41) is 2.59. The highest BCUT2D eigenvalue weighted by Crippen LogP contribution is 2.52. The number of hydrogen-bond acceptors (Lipinski definition) is 3. The Morgan fingerprint density at radius 3 is 1.51 bits per heavy atom. The molecule has 0 atom stereocenters. The summed E-state index contributed by atoms with van der Waals surface area (Å²) in [5.74, 6) is 1.95. The number of hydrogen-bond donors (Lipinski definition) is 0. The number of nitrogens with zero attached hydrogens (tertiary/aromatic N) is 3. The van der Waals surface area contributed by atoms with Gasteiger partial charge in [0.25, 0.3) is 0 Å². The SMILES string of the molecule is CC1(C)c2cc(-c3cc(-c4ccccc4)cc(-c4nc(-c5ccccc5)nc(-c5ccccc5)n4)c3)ccc2-c2c1ccc1ccccc21. The van der Waals surface area contributed by atoms with Gasteiger partial charge in [0, 0.05) is 22.1 Å². The van der Waals surface area contributed by atoms with E-state index in [2.05, 4.69) is 117 Å². The van der Waals surface area contributed by atoms with Crippen LogP contribution in [0.3, 0.4) is 0 Å². The van der Waals surface area contributed by atoms with E-state index in [1.54, 1.807) is 0 Å². The minimum absolute atomic E-state index is 0.131. The largest absolute Gasteiger partial charge is 0.208 e. The van der Waals surface area contributed by atoms with Crippen LogP contribution in [-0.2, 0) is 5.41 Å². The topological polar surface area (TPSA) is 38.7 Å². The van der Waals surface area contributed by atoms with E-state index in [0.717, 1.165) is 33.4 Å². The molecule has 0 saturated carbocycles. The molecule has 0 bridgehead atoms. The first kappa shape index (κ1) is 29.0. The van der Waals surface area contributed by atoms with Gasteiger partial charge in [-0.05, 0) is 79.5 Å². The lowest BCUT2D eigenvalue weighted by Gasteiger charge is -2.22. The van der Waals surface area contributed by atoms with E-state index in [4.69, 9.17) is 15.0 Å². The van der Waals surface area contributed by atoms with Crippen LogP contribution in [-0.4, -0.2) is 15.0 Å². The van der Waals surface area contributed by atoms with Gasteiger partial charge in [-0.2, -0.15) is 0 Å². The van der Waals surface area contributed by atoms with Gasteiger partial charge >= 0.3 is 0 Å². The number of rotatable bonds is 5. The van der Waals surface area contributed by atoms with Crippen molar-refractivity contribution in [3.05, 3.63) is 175 Å². The molecule has 7 aromatic carbocycles. The smallest absolute Gasteiger partial charge is 0.164 e. The summed E-state index contributed by atoms with van der Waals surface area (Å²) in [5.41, 5.74) is 12.7. The second kappa shape index (κ2) is 11.5. The molecule has 3 heteroatoms. The third kappa shape index (κ3) is 5.03. The predicted octanol–water partition coefficient (Wildman–Crippen LogP) is 11.7. The zero-order valence-corrected chi connectivity index (χ0v) is 27.4. The van der Waals surface area contributed by atoms with Gasteiger partial charge in [0.15, 0.2) is 17.5 Å². The van der Waals surface area contributed by atoms with Crippen LogP contribution in [0.2, 0.25) is 0 Å². The van der Waals surface area contributed by atoms with E-state index in [1.807, 2.05) is 60.7 Å². The molecule has 0 spiro atoms. The molecule has 232 valence electrons. The minimum Gasteiger partial charge on any atom is -0.208 e.